The monoisotopic (exact) mass is 453 g/mol. The number of aromatic amines is 1. The molecule has 4 rings (SSSR count). The van der Waals surface area contributed by atoms with Crippen LogP contribution in [-0.4, -0.2) is 28.0 Å². The van der Waals surface area contributed by atoms with E-state index in [1.54, 1.807) is 16.7 Å². The van der Waals surface area contributed by atoms with Crippen LogP contribution in [-0.2, 0) is 6.61 Å². The number of halogens is 2. The molecular formula is C17H13BrClN3O3S. The SMILES string of the molecule is S=c1[nH]nc(COc2ccc(Br)cc2Cl)n1-c1ccc2c(c1)OCCO2. The van der Waals surface area contributed by atoms with Crippen LogP contribution < -0.4 is 14.2 Å². The molecule has 2 aromatic carbocycles. The van der Waals surface area contributed by atoms with E-state index in [4.69, 9.17) is 38.0 Å². The number of nitrogens with one attached hydrogen (secondary N) is 1. The molecule has 0 saturated heterocycles. The first kappa shape index (κ1) is 17.4. The van der Waals surface area contributed by atoms with Gasteiger partial charge in [0.15, 0.2) is 22.1 Å². The summed E-state index contributed by atoms with van der Waals surface area (Å²) in [6.45, 7) is 1.26. The molecule has 0 radical (unpaired) electrons. The minimum Gasteiger partial charge on any atom is -0.486 e. The van der Waals surface area contributed by atoms with Crippen LogP contribution >= 0.6 is 39.7 Å². The Balaban J connectivity index is 1.62. The van der Waals surface area contributed by atoms with Crippen LogP contribution in [0.15, 0.2) is 40.9 Å². The molecule has 3 aromatic rings. The summed E-state index contributed by atoms with van der Waals surface area (Å²) in [5.41, 5.74) is 0.813. The molecule has 9 heteroatoms. The minimum atomic E-state index is 0.197. The first-order valence-corrected chi connectivity index (χ1v) is 9.34. The van der Waals surface area contributed by atoms with E-state index in [9.17, 15) is 0 Å². The van der Waals surface area contributed by atoms with E-state index in [-0.39, 0.29) is 6.61 Å². The van der Waals surface area contributed by atoms with Gasteiger partial charge in [0.25, 0.3) is 0 Å². The van der Waals surface area contributed by atoms with E-state index in [1.165, 1.54) is 0 Å². The molecule has 0 atom stereocenters. The van der Waals surface area contributed by atoms with Crippen LogP contribution in [0.3, 0.4) is 0 Å². The zero-order chi connectivity index (χ0) is 18.1. The van der Waals surface area contributed by atoms with E-state index in [2.05, 4.69) is 26.1 Å². The quantitative estimate of drug-likeness (QED) is 0.579. The summed E-state index contributed by atoms with van der Waals surface area (Å²) in [5.74, 6) is 2.58. The Kier molecular flexibility index (Phi) is 4.88. The summed E-state index contributed by atoms with van der Waals surface area (Å²) in [6, 6.07) is 11.1. The van der Waals surface area contributed by atoms with Crippen LogP contribution in [0.5, 0.6) is 17.2 Å². The summed E-state index contributed by atoms with van der Waals surface area (Å²) in [6.07, 6.45) is 0. The van der Waals surface area contributed by atoms with Gasteiger partial charge in [0.1, 0.15) is 25.6 Å². The van der Waals surface area contributed by atoms with Crippen LogP contribution in [0.4, 0.5) is 0 Å². The van der Waals surface area contributed by atoms with Crippen molar-refractivity contribution in [2.75, 3.05) is 13.2 Å². The van der Waals surface area contributed by atoms with Crippen molar-refractivity contribution in [3.63, 3.8) is 0 Å². The fraction of sp³-hybridized carbons (Fsp3) is 0.176. The fourth-order valence-electron chi connectivity index (χ4n) is 2.60. The van der Waals surface area contributed by atoms with Gasteiger partial charge < -0.3 is 14.2 Å². The molecule has 0 fully saturated rings. The molecule has 134 valence electrons. The van der Waals surface area contributed by atoms with Gasteiger partial charge in [-0.1, -0.05) is 27.5 Å². The van der Waals surface area contributed by atoms with E-state index in [1.807, 2.05) is 24.3 Å². The van der Waals surface area contributed by atoms with Crippen LogP contribution in [0.1, 0.15) is 5.82 Å². The molecular weight excluding hydrogens is 442 g/mol. The molecule has 6 nitrogen and oxygen atoms in total. The maximum absolute atomic E-state index is 6.20. The highest BCUT2D eigenvalue weighted by molar-refractivity contribution is 9.10. The lowest BCUT2D eigenvalue weighted by atomic mass is 10.2. The van der Waals surface area contributed by atoms with E-state index in [0.29, 0.717) is 40.3 Å². The Morgan fingerprint density at radius 1 is 1.19 bits per heavy atom. The molecule has 0 saturated carbocycles. The van der Waals surface area contributed by atoms with E-state index in [0.717, 1.165) is 15.9 Å². The largest absolute Gasteiger partial charge is 0.486 e. The van der Waals surface area contributed by atoms with Gasteiger partial charge in [-0.3, -0.25) is 9.67 Å². The number of hydrogen-bond donors (Lipinski definition) is 1. The van der Waals surface area contributed by atoms with Crippen molar-refractivity contribution in [2.24, 2.45) is 0 Å². The van der Waals surface area contributed by atoms with E-state index < -0.39 is 0 Å². The van der Waals surface area contributed by atoms with Crippen molar-refractivity contribution in [1.82, 2.24) is 14.8 Å². The van der Waals surface area contributed by atoms with Gasteiger partial charge in [-0.05, 0) is 42.5 Å². The second-order valence-corrected chi connectivity index (χ2v) is 7.18. The van der Waals surface area contributed by atoms with Gasteiger partial charge in [-0.15, -0.1) is 0 Å². The van der Waals surface area contributed by atoms with Gasteiger partial charge >= 0.3 is 0 Å². The zero-order valence-electron chi connectivity index (χ0n) is 13.4. The summed E-state index contributed by atoms with van der Waals surface area (Å²) in [5, 5.41) is 7.58. The second-order valence-electron chi connectivity index (χ2n) is 5.47. The van der Waals surface area contributed by atoms with Crippen LogP contribution in [0, 0.1) is 4.77 Å². The van der Waals surface area contributed by atoms with Crippen LogP contribution in [0.2, 0.25) is 5.02 Å². The summed E-state index contributed by atoms with van der Waals surface area (Å²) in [4.78, 5) is 0. The first-order valence-electron chi connectivity index (χ1n) is 7.76. The summed E-state index contributed by atoms with van der Waals surface area (Å²) in [7, 11) is 0. The predicted molar refractivity (Wildman–Crippen MR) is 103 cm³/mol. The molecule has 0 amide bonds. The van der Waals surface area contributed by atoms with Gasteiger partial charge in [0.05, 0.1) is 10.7 Å². The maximum atomic E-state index is 6.20. The van der Waals surface area contributed by atoms with Crippen molar-refractivity contribution >= 4 is 39.7 Å². The molecule has 0 unspecified atom stereocenters. The topological polar surface area (TPSA) is 61.3 Å². The van der Waals surface area contributed by atoms with Crippen molar-refractivity contribution in [1.29, 1.82) is 0 Å². The maximum Gasteiger partial charge on any atom is 0.199 e. The molecule has 0 bridgehead atoms. The highest BCUT2D eigenvalue weighted by atomic mass is 79.9. The lowest BCUT2D eigenvalue weighted by Crippen LogP contribution is -2.15. The molecule has 0 aliphatic carbocycles. The van der Waals surface area contributed by atoms with Gasteiger partial charge in [-0.25, -0.2) is 0 Å². The third-order valence-corrected chi connectivity index (χ3v) is 4.84. The number of aromatic nitrogens is 3. The zero-order valence-corrected chi connectivity index (χ0v) is 16.5. The molecule has 0 spiro atoms. The van der Waals surface area contributed by atoms with Crippen molar-refractivity contribution in [2.45, 2.75) is 6.61 Å². The Morgan fingerprint density at radius 3 is 2.81 bits per heavy atom. The third-order valence-electron chi connectivity index (χ3n) is 3.78. The van der Waals surface area contributed by atoms with Gasteiger partial charge in [0.2, 0.25) is 0 Å². The Hall–Kier alpha value is -2.03. The average Bonchev–Trinajstić information content (AvgIpc) is 3.01. The first-order chi connectivity index (χ1) is 12.6. The fourth-order valence-corrected chi connectivity index (χ4v) is 3.58. The molecule has 1 aliphatic rings. The number of ether oxygens (including phenoxy) is 3. The standard InChI is InChI=1S/C17H13BrClN3O3S/c18-10-1-3-13(12(19)7-10)25-9-16-20-21-17(26)22(16)11-2-4-14-15(8-11)24-6-5-23-14/h1-4,7-8H,5-6,9H2,(H,21,26). The minimum absolute atomic E-state index is 0.197. The Labute approximate surface area is 167 Å². The van der Waals surface area contributed by atoms with Crippen molar-refractivity contribution in [3.05, 3.63) is 56.5 Å². The number of H-pyrrole nitrogens is 1. The third kappa shape index (κ3) is 3.44. The number of nitrogens with zero attached hydrogens (tertiary/aromatic N) is 2. The Bertz CT molecular complexity index is 1020. The van der Waals surface area contributed by atoms with Crippen molar-refractivity contribution in [3.8, 4) is 22.9 Å². The lowest BCUT2D eigenvalue weighted by molar-refractivity contribution is 0.171. The van der Waals surface area contributed by atoms with Crippen LogP contribution in [0.25, 0.3) is 5.69 Å². The summed E-state index contributed by atoms with van der Waals surface area (Å²) < 4.78 is 20.1. The highest BCUT2D eigenvalue weighted by Crippen LogP contribution is 2.33. The summed E-state index contributed by atoms with van der Waals surface area (Å²) >= 11 is 14.9. The van der Waals surface area contributed by atoms with Crippen molar-refractivity contribution < 1.29 is 14.2 Å². The molecule has 1 N–H and O–H groups in total. The molecule has 26 heavy (non-hydrogen) atoms. The molecule has 1 aromatic heterocycles. The normalized spacial score (nSPS) is 12.8. The number of rotatable bonds is 4. The Morgan fingerprint density at radius 2 is 2.00 bits per heavy atom. The number of benzene rings is 2. The van der Waals surface area contributed by atoms with E-state index >= 15 is 0 Å². The highest BCUT2D eigenvalue weighted by Gasteiger charge is 2.16. The van der Waals surface area contributed by atoms with Gasteiger partial charge in [0, 0.05) is 10.5 Å². The number of fused-ring (bicyclic) bond motifs is 1. The average molecular weight is 455 g/mol. The van der Waals surface area contributed by atoms with Gasteiger partial charge in [-0.2, -0.15) is 5.10 Å². The second kappa shape index (κ2) is 7.30. The predicted octanol–water partition coefficient (Wildman–Crippen LogP) is 4.70. The lowest BCUT2D eigenvalue weighted by Gasteiger charge is -2.19. The molecule has 2 heterocycles. The molecule has 1 aliphatic heterocycles. The number of hydrogen-bond acceptors (Lipinski definition) is 5. The smallest absolute Gasteiger partial charge is 0.199 e.